The Hall–Kier alpha value is -1.61. The van der Waals surface area contributed by atoms with Gasteiger partial charge in [0.2, 0.25) is 10.0 Å². The van der Waals surface area contributed by atoms with Crippen LogP contribution in [0, 0.1) is 17.5 Å². The van der Waals surface area contributed by atoms with Gasteiger partial charge in [-0.1, -0.05) is 0 Å². The average molecular weight is 336 g/mol. The Morgan fingerprint density at radius 2 is 1.86 bits per heavy atom. The van der Waals surface area contributed by atoms with E-state index in [0.29, 0.717) is 25.0 Å². The van der Waals surface area contributed by atoms with Crippen molar-refractivity contribution in [1.82, 2.24) is 9.62 Å². The Kier molecular flexibility index (Phi) is 4.76. The van der Waals surface area contributed by atoms with E-state index in [1.807, 2.05) is 0 Å². The molecule has 1 amide bonds. The SMILES string of the molecule is CS(=O)(=O)N[C@@H]1CCCN(C(=O)c2c(F)cc(F)cc2F)C1. The third-order valence-corrected chi connectivity index (χ3v) is 4.07. The lowest BCUT2D eigenvalue weighted by molar-refractivity contribution is 0.0693. The second-order valence-electron chi connectivity index (χ2n) is 5.22. The molecular weight excluding hydrogens is 321 g/mol. The van der Waals surface area contributed by atoms with Crippen LogP contribution < -0.4 is 4.72 Å². The van der Waals surface area contributed by atoms with Crippen LogP contribution in [0.2, 0.25) is 0 Å². The molecule has 9 heteroatoms. The fourth-order valence-corrected chi connectivity index (χ4v) is 3.26. The first-order chi connectivity index (χ1) is 10.2. The number of benzene rings is 1. The Morgan fingerprint density at radius 3 is 2.41 bits per heavy atom. The molecule has 1 fully saturated rings. The minimum atomic E-state index is -3.45. The summed E-state index contributed by atoms with van der Waals surface area (Å²) in [5.74, 6) is -4.58. The van der Waals surface area contributed by atoms with E-state index in [1.54, 1.807) is 0 Å². The summed E-state index contributed by atoms with van der Waals surface area (Å²) in [6.07, 6.45) is 2.00. The molecule has 1 atom stereocenters. The summed E-state index contributed by atoms with van der Waals surface area (Å²) >= 11 is 0. The molecule has 0 unspecified atom stereocenters. The number of sulfonamides is 1. The molecule has 22 heavy (non-hydrogen) atoms. The Labute approximate surface area is 126 Å². The number of piperidine rings is 1. The van der Waals surface area contributed by atoms with Crippen molar-refractivity contribution in [1.29, 1.82) is 0 Å². The maximum atomic E-state index is 13.6. The molecule has 0 aliphatic carbocycles. The van der Waals surface area contributed by atoms with Gasteiger partial charge in [0.05, 0.1) is 6.26 Å². The lowest BCUT2D eigenvalue weighted by Crippen LogP contribution is -2.49. The monoisotopic (exact) mass is 336 g/mol. The highest BCUT2D eigenvalue weighted by Crippen LogP contribution is 2.20. The van der Waals surface area contributed by atoms with Crippen LogP contribution in [-0.4, -0.2) is 44.6 Å². The maximum Gasteiger partial charge on any atom is 0.259 e. The topological polar surface area (TPSA) is 66.5 Å². The molecule has 1 heterocycles. The van der Waals surface area contributed by atoms with Gasteiger partial charge in [-0.05, 0) is 12.8 Å². The van der Waals surface area contributed by atoms with E-state index in [2.05, 4.69) is 4.72 Å². The molecule has 1 N–H and O–H groups in total. The van der Waals surface area contributed by atoms with Gasteiger partial charge in [-0.25, -0.2) is 26.3 Å². The number of nitrogens with zero attached hydrogens (tertiary/aromatic N) is 1. The number of carbonyl (C=O) groups excluding carboxylic acids is 1. The molecule has 2 rings (SSSR count). The van der Waals surface area contributed by atoms with E-state index in [9.17, 15) is 26.4 Å². The first-order valence-corrected chi connectivity index (χ1v) is 8.47. The van der Waals surface area contributed by atoms with Gasteiger partial charge in [-0.15, -0.1) is 0 Å². The zero-order chi connectivity index (χ0) is 16.5. The molecule has 0 aromatic heterocycles. The highest BCUT2D eigenvalue weighted by atomic mass is 32.2. The van der Waals surface area contributed by atoms with Crippen molar-refractivity contribution in [2.75, 3.05) is 19.3 Å². The summed E-state index contributed by atoms with van der Waals surface area (Å²) in [5.41, 5.74) is -0.832. The molecule has 0 bridgehead atoms. The fourth-order valence-electron chi connectivity index (χ4n) is 2.47. The summed E-state index contributed by atoms with van der Waals surface area (Å²) < 4.78 is 65.0. The number of carbonyl (C=O) groups is 1. The van der Waals surface area contributed by atoms with Gasteiger partial charge in [-0.2, -0.15) is 0 Å². The normalized spacial score (nSPS) is 19.3. The molecular formula is C13H15F3N2O3S. The van der Waals surface area contributed by atoms with Gasteiger partial charge in [0.15, 0.2) is 0 Å². The summed E-state index contributed by atoms with van der Waals surface area (Å²) in [4.78, 5) is 13.4. The van der Waals surface area contributed by atoms with Gasteiger partial charge >= 0.3 is 0 Å². The Bertz CT molecular complexity index is 671. The van der Waals surface area contributed by atoms with Gasteiger partial charge in [0, 0.05) is 31.3 Å². The van der Waals surface area contributed by atoms with E-state index < -0.39 is 45.0 Å². The number of hydrogen-bond donors (Lipinski definition) is 1. The second-order valence-corrected chi connectivity index (χ2v) is 7.00. The van der Waals surface area contributed by atoms with Crippen molar-refractivity contribution in [2.24, 2.45) is 0 Å². The van der Waals surface area contributed by atoms with Crippen molar-refractivity contribution in [3.63, 3.8) is 0 Å². The predicted molar refractivity (Wildman–Crippen MR) is 73.2 cm³/mol. The predicted octanol–water partition coefficient (Wildman–Crippen LogP) is 1.26. The number of hydrogen-bond acceptors (Lipinski definition) is 3. The lowest BCUT2D eigenvalue weighted by Gasteiger charge is -2.32. The molecule has 0 radical (unpaired) electrons. The standard InChI is InChI=1S/C13H15F3N2O3S/c1-22(20,21)17-9-3-2-4-18(7-9)13(19)12-10(15)5-8(14)6-11(12)16/h5-6,9,17H,2-4,7H2,1H3/t9-/m1/s1. The zero-order valence-electron chi connectivity index (χ0n) is 11.8. The molecule has 1 aliphatic rings. The molecule has 1 saturated heterocycles. The molecule has 1 aromatic carbocycles. The number of halogens is 3. The fraction of sp³-hybridized carbons (Fsp3) is 0.462. The highest BCUT2D eigenvalue weighted by Gasteiger charge is 2.29. The lowest BCUT2D eigenvalue weighted by atomic mass is 10.0. The second kappa shape index (κ2) is 6.25. The Morgan fingerprint density at radius 1 is 1.27 bits per heavy atom. The van der Waals surface area contributed by atoms with Crippen LogP contribution in [0.15, 0.2) is 12.1 Å². The molecule has 1 aliphatic heterocycles. The minimum absolute atomic E-state index is 0.00214. The van der Waals surface area contributed by atoms with Crippen molar-refractivity contribution in [3.8, 4) is 0 Å². The van der Waals surface area contributed by atoms with Crippen molar-refractivity contribution < 1.29 is 26.4 Å². The maximum absolute atomic E-state index is 13.6. The van der Waals surface area contributed by atoms with Crippen molar-refractivity contribution in [3.05, 3.63) is 35.1 Å². The van der Waals surface area contributed by atoms with E-state index >= 15 is 0 Å². The van der Waals surface area contributed by atoms with Crippen LogP contribution in [0.25, 0.3) is 0 Å². The van der Waals surface area contributed by atoms with Crippen molar-refractivity contribution >= 4 is 15.9 Å². The third-order valence-electron chi connectivity index (χ3n) is 3.31. The van der Waals surface area contributed by atoms with Crippen LogP contribution in [0.4, 0.5) is 13.2 Å². The smallest absolute Gasteiger partial charge is 0.259 e. The highest BCUT2D eigenvalue weighted by molar-refractivity contribution is 7.88. The van der Waals surface area contributed by atoms with Gasteiger partial charge in [0.1, 0.15) is 23.0 Å². The quantitative estimate of drug-likeness (QED) is 0.904. The number of likely N-dealkylation sites (tertiary alicyclic amines) is 1. The number of rotatable bonds is 3. The average Bonchev–Trinajstić information content (AvgIpc) is 2.35. The van der Waals surface area contributed by atoms with Gasteiger partial charge < -0.3 is 4.90 Å². The van der Waals surface area contributed by atoms with E-state index in [0.717, 1.165) is 11.2 Å². The van der Waals surface area contributed by atoms with E-state index in [1.165, 1.54) is 0 Å². The molecule has 122 valence electrons. The number of amides is 1. The summed E-state index contributed by atoms with van der Waals surface area (Å²) in [6, 6.07) is 0.359. The summed E-state index contributed by atoms with van der Waals surface area (Å²) in [7, 11) is -3.45. The molecule has 0 spiro atoms. The molecule has 1 aromatic rings. The van der Waals surface area contributed by atoms with Gasteiger partial charge in [-0.3, -0.25) is 4.79 Å². The summed E-state index contributed by atoms with van der Waals surface area (Å²) in [6.45, 7) is 0.249. The zero-order valence-corrected chi connectivity index (χ0v) is 12.6. The number of nitrogens with one attached hydrogen (secondary N) is 1. The van der Waals surface area contributed by atoms with E-state index in [-0.39, 0.29) is 13.1 Å². The van der Waals surface area contributed by atoms with E-state index in [4.69, 9.17) is 0 Å². The first kappa shape index (κ1) is 16.8. The molecule has 0 saturated carbocycles. The van der Waals surface area contributed by atoms with Crippen LogP contribution in [0.3, 0.4) is 0 Å². The largest absolute Gasteiger partial charge is 0.337 e. The van der Waals surface area contributed by atoms with Crippen molar-refractivity contribution in [2.45, 2.75) is 18.9 Å². The first-order valence-electron chi connectivity index (χ1n) is 6.58. The van der Waals surface area contributed by atoms with Crippen LogP contribution >= 0.6 is 0 Å². The van der Waals surface area contributed by atoms with Gasteiger partial charge in [0.25, 0.3) is 5.91 Å². The van der Waals surface area contributed by atoms with Crippen LogP contribution in [-0.2, 0) is 10.0 Å². The summed E-state index contributed by atoms with van der Waals surface area (Å²) in [5, 5.41) is 0. The van der Waals surface area contributed by atoms with Crippen LogP contribution in [0.5, 0.6) is 0 Å². The molecule has 5 nitrogen and oxygen atoms in total. The third kappa shape index (κ3) is 3.98. The minimum Gasteiger partial charge on any atom is -0.337 e. The van der Waals surface area contributed by atoms with Crippen LogP contribution in [0.1, 0.15) is 23.2 Å². The Balaban J connectivity index is 2.19.